The van der Waals surface area contributed by atoms with Gasteiger partial charge in [-0.1, -0.05) is 0 Å². The van der Waals surface area contributed by atoms with Crippen molar-refractivity contribution in [2.24, 2.45) is 0 Å². The van der Waals surface area contributed by atoms with Crippen LogP contribution in [-0.2, 0) is 9.47 Å². The second-order valence-corrected chi connectivity index (χ2v) is 3.38. The number of hydrogen-bond acceptors (Lipinski definition) is 4. The average Bonchev–Trinajstić information content (AvgIpc) is 2.59. The molecule has 2 fully saturated rings. The molecule has 1 N–H and O–H groups in total. The van der Waals surface area contributed by atoms with Crippen LogP contribution < -0.4 is 5.32 Å². The van der Waals surface area contributed by atoms with Crippen LogP contribution in [-0.4, -0.2) is 30.9 Å². The van der Waals surface area contributed by atoms with Gasteiger partial charge in [0.25, 0.3) is 0 Å². The summed E-state index contributed by atoms with van der Waals surface area (Å²) < 4.78 is 10.7. The maximum atomic E-state index is 5.38. The molecule has 0 aromatic rings. The fourth-order valence-corrected chi connectivity index (χ4v) is 1.95. The number of ether oxygens (including phenoxy) is 2. The Morgan fingerprint density at radius 3 is 3.10 bits per heavy atom. The molecule has 0 amide bonds. The summed E-state index contributed by atoms with van der Waals surface area (Å²) >= 11 is 1.79. The van der Waals surface area contributed by atoms with E-state index in [4.69, 9.17) is 9.47 Å². The molecule has 0 aromatic carbocycles. The van der Waals surface area contributed by atoms with E-state index in [0.717, 1.165) is 31.7 Å². The maximum Gasteiger partial charge on any atom is 0.201 e. The molecule has 1 atom stereocenters. The van der Waals surface area contributed by atoms with E-state index in [1.807, 2.05) is 0 Å². The Kier molecular flexibility index (Phi) is 2.13. The first kappa shape index (κ1) is 6.91. The molecule has 2 aliphatic heterocycles. The summed E-state index contributed by atoms with van der Waals surface area (Å²) in [5.41, 5.74) is 0.155. The van der Waals surface area contributed by atoms with Gasteiger partial charge in [0.05, 0.1) is 13.2 Å². The fraction of sp³-hybridized carbons (Fsp3) is 0.833. The van der Waals surface area contributed by atoms with Gasteiger partial charge in [0.2, 0.25) is 6.23 Å². The smallest absolute Gasteiger partial charge is 0.201 e. The van der Waals surface area contributed by atoms with Crippen LogP contribution in [0.15, 0.2) is 0 Å². The van der Waals surface area contributed by atoms with Crippen LogP contribution in [0, 0.1) is 6.23 Å². The summed E-state index contributed by atoms with van der Waals surface area (Å²) in [6.07, 6.45) is 0.919. The second-order valence-electron chi connectivity index (χ2n) is 2.21. The molecule has 0 aliphatic carbocycles. The van der Waals surface area contributed by atoms with Crippen LogP contribution in [0.5, 0.6) is 0 Å². The lowest BCUT2D eigenvalue weighted by Gasteiger charge is -2.13. The van der Waals surface area contributed by atoms with Gasteiger partial charge < -0.3 is 9.47 Å². The monoisotopic (exact) mass is 160 g/mol. The van der Waals surface area contributed by atoms with Crippen molar-refractivity contribution < 1.29 is 9.47 Å². The predicted octanol–water partition coefficient (Wildman–Crippen LogP) is 0.185. The quantitative estimate of drug-likeness (QED) is 0.593. The molecule has 1 radical (unpaired) electrons. The van der Waals surface area contributed by atoms with Gasteiger partial charge in [-0.25, -0.2) is 0 Å². The van der Waals surface area contributed by atoms with Crippen molar-refractivity contribution in [2.45, 2.75) is 5.44 Å². The van der Waals surface area contributed by atoms with Crippen LogP contribution in [0.2, 0.25) is 0 Å². The number of hydrogen-bond donors (Lipinski definition) is 1. The van der Waals surface area contributed by atoms with Gasteiger partial charge in [0, 0.05) is 12.3 Å². The highest BCUT2D eigenvalue weighted by atomic mass is 32.2. The third-order valence-electron chi connectivity index (χ3n) is 1.49. The van der Waals surface area contributed by atoms with Crippen LogP contribution in [0.4, 0.5) is 0 Å². The lowest BCUT2D eigenvalue weighted by molar-refractivity contribution is 0.0690. The first-order valence-corrected chi connectivity index (χ1v) is 4.48. The Morgan fingerprint density at radius 1 is 1.50 bits per heavy atom. The zero-order valence-corrected chi connectivity index (χ0v) is 6.45. The molecular formula is C6H10NO2S. The Balaban J connectivity index is 1.85. The second kappa shape index (κ2) is 3.09. The van der Waals surface area contributed by atoms with E-state index in [9.17, 15) is 0 Å². The summed E-state index contributed by atoms with van der Waals surface area (Å²) in [6, 6.07) is 0. The van der Waals surface area contributed by atoms with E-state index in [-0.39, 0.29) is 5.44 Å². The van der Waals surface area contributed by atoms with E-state index in [0.29, 0.717) is 0 Å². The van der Waals surface area contributed by atoms with E-state index < -0.39 is 0 Å². The van der Waals surface area contributed by atoms with E-state index in [2.05, 4.69) is 5.32 Å². The van der Waals surface area contributed by atoms with Crippen molar-refractivity contribution in [3.63, 3.8) is 0 Å². The van der Waals surface area contributed by atoms with Gasteiger partial charge in [-0.05, 0) is 0 Å². The van der Waals surface area contributed by atoms with Crippen molar-refractivity contribution in [2.75, 3.05) is 25.5 Å². The molecule has 1 unspecified atom stereocenters. The lowest BCUT2D eigenvalue weighted by Crippen LogP contribution is -2.24. The highest BCUT2D eigenvalue weighted by Crippen LogP contribution is 2.28. The molecule has 0 saturated carbocycles. The lowest BCUT2D eigenvalue weighted by atomic mass is 10.6. The normalized spacial score (nSPS) is 35.4. The van der Waals surface area contributed by atoms with Crippen molar-refractivity contribution in [3.8, 4) is 0 Å². The highest BCUT2D eigenvalue weighted by molar-refractivity contribution is 8.00. The topological polar surface area (TPSA) is 30.5 Å². The molecule has 2 aliphatic rings. The summed E-state index contributed by atoms with van der Waals surface area (Å²) in [4.78, 5) is 0. The van der Waals surface area contributed by atoms with Crippen molar-refractivity contribution >= 4 is 11.8 Å². The molecule has 2 rings (SSSR count). The molecule has 3 nitrogen and oxygen atoms in total. The van der Waals surface area contributed by atoms with Gasteiger partial charge in [-0.2, -0.15) is 0 Å². The van der Waals surface area contributed by atoms with Gasteiger partial charge in [0.15, 0.2) is 0 Å². The first-order chi connectivity index (χ1) is 4.97. The summed E-state index contributed by atoms with van der Waals surface area (Å²) in [5, 5.41) is 3.15. The summed E-state index contributed by atoms with van der Waals surface area (Å²) in [6.45, 7) is 2.56. The number of nitrogens with one attached hydrogen (secondary N) is 1. The van der Waals surface area contributed by atoms with Crippen molar-refractivity contribution in [1.29, 1.82) is 0 Å². The molecule has 0 spiro atoms. The first-order valence-electron chi connectivity index (χ1n) is 3.43. The fourth-order valence-electron chi connectivity index (χ4n) is 1.05. The zero-order chi connectivity index (χ0) is 6.81. The van der Waals surface area contributed by atoms with Crippen LogP contribution >= 0.6 is 11.8 Å². The minimum Gasteiger partial charge on any atom is -0.362 e. The standard InChI is InChI=1S/C6H10NO2S/c1-2-8-5(7-1)6-9-3-4-10-6/h6-7H,1-4H2. The van der Waals surface area contributed by atoms with Gasteiger partial charge in [-0.3, -0.25) is 5.32 Å². The van der Waals surface area contributed by atoms with E-state index >= 15 is 0 Å². The molecule has 0 bridgehead atoms. The highest BCUT2D eigenvalue weighted by Gasteiger charge is 2.30. The van der Waals surface area contributed by atoms with E-state index in [1.54, 1.807) is 11.8 Å². The minimum atomic E-state index is 0.155. The third kappa shape index (κ3) is 1.29. The molecule has 10 heavy (non-hydrogen) atoms. The zero-order valence-electron chi connectivity index (χ0n) is 5.63. The SMILES string of the molecule is C1CO[C](C2OCCS2)N1. The maximum absolute atomic E-state index is 5.38. The van der Waals surface area contributed by atoms with Crippen LogP contribution in [0.3, 0.4) is 0 Å². The molecular weight excluding hydrogens is 150 g/mol. The Morgan fingerprint density at radius 2 is 2.50 bits per heavy atom. The number of rotatable bonds is 1. The molecule has 57 valence electrons. The van der Waals surface area contributed by atoms with Crippen LogP contribution in [0.1, 0.15) is 0 Å². The Hall–Kier alpha value is 0.230. The Labute approximate surface area is 64.5 Å². The summed E-state index contributed by atoms with van der Waals surface area (Å²) in [7, 11) is 0. The third-order valence-corrected chi connectivity index (χ3v) is 2.55. The van der Waals surface area contributed by atoms with Gasteiger partial charge in [0.1, 0.15) is 5.44 Å². The molecule has 2 heterocycles. The summed E-state index contributed by atoms with van der Waals surface area (Å²) in [5.74, 6) is 1.08. The Bertz CT molecular complexity index is 96.3. The van der Waals surface area contributed by atoms with Crippen LogP contribution in [0.25, 0.3) is 0 Å². The largest absolute Gasteiger partial charge is 0.362 e. The predicted molar refractivity (Wildman–Crippen MR) is 39.4 cm³/mol. The average molecular weight is 160 g/mol. The van der Waals surface area contributed by atoms with Crippen molar-refractivity contribution in [3.05, 3.63) is 6.23 Å². The van der Waals surface area contributed by atoms with Gasteiger partial charge >= 0.3 is 0 Å². The van der Waals surface area contributed by atoms with Crippen molar-refractivity contribution in [1.82, 2.24) is 5.32 Å². The molecule has 2 saturated heterocycles. The van der Waals surface area contributed by atoms with Gasteiger partial charge in [-0.15, -0.1) is 11.8 Å². The molecule has 4 heteroatoms. The van der Waals surface area contributed by atoms with E-state index in [1.165, 1.54) is 0 Å². The molecule has 0 aromatic heterocycles. The minimum absolute atomic E-state index is 0.155. The number of thioether (sulfide) groups is 1.